The Kier molecular flexibility index (Phi) is 3.61. The highest BCUT2D eigenvalue weighted by Crippen LogP contribution is 2.29. The van der Waals surface area contributed by atoms with Crippen molar-refractivity contribution in [2.45, 2.75) is 26.7 Å². The molecule has 2 rings (SSSR count). The molecule has 0 bridgehead atoms. The van der Waals surface area contributed by atoms with Gasteiger partial charge in [0.1, 0.15) is 6.29 Å². The summed E-state index contributed by atoms with van der Waals surface area (Å²) < 4.78 is 0. The molecule has 1 heteroatoms. The summed E-state index contributed by atoms with van der Waals surface area (Å²) in [4.78, 5) is 11.5. The summed E-state index contributed by atoms with van der Waals surface area (Å²) >= 11 is 0. The fourth-order valence-electron chi connectivity index (χ4n) is 2.66. The van der Waals surface area contributed by atoms with Crippen LogP contribution < -0.4 is 0 Å². The van der Waals surface area contributed by atoms with Crippen LogP contribution in [-0.4, -0.2) is 6.29 Å². The van der Waals surface area contributed by atoms with Crippen LogP contribution in [0.15, 0.2) is 42.5 Å². The number of carbonyl (C=O) groups excluding carboxylic acids is 1. The maximum absolute atomic E-state index is 11.5. The molecule has 0 saturated carbocycles. The summed E-state index contributed by atoms with van der Waals surface area (Å²) in [7, 11) is 0. The Morgan fingerprint density at radius 1 is 0.944 bits per heavy atom. The van der Waals surface area contributed by atoms with Crippen molar-refractivity contribution < 1.29 is 4.79 Å². The second-order valence-corrected chi connectivity index (χ2v) is 4.84. The van der Waals surface area contributed by atoms with Gasteiger partial charge < -0.3 is 4.79 Å². The highest BCUT2D eigenvalue weighted by atomic mass is 16.1. The highest BCUT2D eigenvalue weighted by Gasteiger charge is 2.17. The maximum Gasteiger partial charge on any atom is 0.131 e. The number of aldehydes is 1. The number of benzene rings is 2. The van der Waals surface area contributed by atoms with Crippen LogP contribution in [0.25, 0.3) is 0 Å². The van der Waals surface area contributed by atoms with Gasteiger partial charge in [-0.15, -0.1) is 0 Å². The van der Waals surface area contributed by atoms with Gasteiger partial charge in [0.25, 0.3) is 0 Å². The van der Waals surface area contributed by atoms with E-state index in [1.807, 2.05) is 30.3 Å². The van der Waals surface area contributed by atoms with Crippen LogP contribution >= 0.6 is 0 Å². The Hall–Kier alpha value is -1.89. The van der Waals surface area contributed by atoms with E-state index in [0.29, 0.717) is 0 Å². The van der Waals surface area contributed by atoms with Crippen LogP contribution in [0.3, 0.4) is 0 Å². The molecule has 0 amide bonds. The summed E-state index contributed by atoms with van der Waals surface area (Å²) in [6.07, 6.45) is 1.04. The molecule has 0 radical (unpaired) electrons. The van der Waals surface area contributed by atoms with Gasteiger partial charge in [-0.3, -0.25) is 0 Å². The van der Waals surface area contributed by atoms with E-state index in [1.165, 1.54) is 16.7 Å². The lowest BCUT2D eigenvalue weighted by molar-refractivity contribution is -0.108. The van der Waals surface area contributed by atoms with Crippen LogP contribution in [0.1, 0.15) is 33.7 Å². The van der Waals surface area contributed by atoms with Crippen molar-refractivity contribution in [2.24, 2.45) is 0 Å². The van der Waals surface area contributed by atoms with Crippen LogP contribution in [0.2, 0.25) is 0 Å². The Bertz CT molecular complexity index is 532. The van der Waals surface area contributed by atoms with Crippen molar-refractivity contribution >= 4 is 6.29 Å². The van der Waals surface area contributed by atoms with E-state index in [0.717, 1.165) is 17.4 Å². The summed E-state index contributed by atoms with van der Waals surface area (Å²) in [5.41, 5.74) is 5.82. The Balaban J connectivity index is 2.56. The molecule has 92 valence electrons. The average molecular weight is 238 g/mol. The van der Waals surface area contributed by atoms with Gasteiger partial charge in [-0.2, -0.15) is 0 Å². The summed E-state index contributed by atoms with van der Waals surface area (Å²) in [5, 5.41) is 0. The number of rotatable bonds is 3. The first-order valence-corrected chi connectivity index (χ1v) is 6.21. The Morgan fingerprint density at radius 3 is 2.00 bits per heavy atom. The minimum Gasteiger partial charge on any atom is -0.302 e. The lowest BCUT2D eigenvalue weighted by atomic mass is 9.86. The number of carbonyl (C=O) groups is 1. The molecule has 0 unspecified atom stereocenters. The standard InChI is InChI=1S/C17H18O/c1-12-9-13(2)17(14(3)10-12)16(11-18)15-7-5-4-6-8-15/h4-11,16H,1-3H3/t16-/m0/s1. The summed E-state index contributed by atoms with van der Waals surface area (Å²) in [5.74, 6) is -0.160. The van der Waals surface area contributed by atoms with Gasteiger partial charge in [0.2, 0.25) is 0 Å². The van der Waals surface area contributed by atoms with Crippen molar-refractivity contribution in [3.63, 3.8) is 0 Å². The maximum atomic E-state index is 11.5. The van der Waals surface area contributed by atoms with Crippen molar-refractivity contribution in [2.75, 3.05) is 0 Å². The van der Waals surface area contributed by atoms with Gasteiger partial charge in [0.05, 0.1) is 5.92 Å². The molecule has 0 fully saturated rings. The molecule has 18 heavy (non-hydrogen) atoms. The Labute approximate surface area is 108 Å². The SMILES string of the molecule is Cc1cc(C)c([C@@H](C=O)c2ccccc2)c(C)c1. The second-order valence-electron chi connectivity index (χ2n) is 4.84. The highest BCUT2D eigenvalue weighted by molar-refractivity contribution is 5.70. The van der Waals surface area contributed by atoms with Crippen LogP contribution in [0, 0.1) is 20.8 Å². The van der Waals surface area contributed by atoms with Gasteiger partial charge in [0.15, 0.2) is 0 Å². The second kappa shape index (κ2) is 5.18. The lowest BCUT2D eigenvalue weighted by Crippen LogP contribution is -2.07. The normalized spacial score (nSPS) is 12.2. The minimum absolute atomic E-state index is 0.160. The van der Waals surface area contributed by atoms with E-state index in [1.54, 1.807) is 0 Å². The zero-order valence-electron chi connectivity index (χ0n) is 11.1. The fraction of sp³-hybridized carbons (Fsp3) is 0.235. The van der Waals surface area contributed by atoms with Crippen LogP contribution in [-0.2, 0) is 4.79 Å². The average Bonchev–Trinajstić information content (AvgIpc) is 2.34. The van der Waals surface area contributed by atoms with Gasteiger partial charge in [0, 0.05) is 0 Å². The first-order chi connectivity index (χ1) is 8.63. The molecule has 0 aliphatic carbocycles. The van der Waals surface area contributed by atoms with Crippen molar-refractivity contribution in [3.05, 3.63) is 70.3 Å². The van der Waals surface area contributed by atoms with Crippen LogP contribution in [0.4, 0.5) is 0 Å². The molecule has 0 N–H and O–H groups in total. The van der Waals surface area contributed by atoms with Crippen molar-refractivity contribution in [3.8, 4) is 0 Å². The van der Waals surface area contributed by atoms with Gasteiger partial charge in [-0.25, -0.2) is 0 Å². The van der Waals surface area contributed by atoms with Gasteiger partial charge in [-0.1, -0.05) is 48.0 Å². The molecular formula is C17H18O. The number of hydrogen-bond donors (Lipinski definition) is 0. The zero-order valence-corrected chi connectivity index (χ0v) is 11.1. The van der Waals surface area contributed by atoms with Gasteiger partial charge >= 0.3 is 0 Å². The van der Waals surface area contributed by atoms with Crippen molar-refractivity contribution in [1.82, 2.24) is 0 Å². The topological polar surface area (TPSA) is 17.1 Å². The van der Waals surface area contributed by atoms with E-state index < -0.39 is 0 Å². The predicted octanol–water partition coefficient (Wildman–Crippen LogP) is 3.94. The third-order valence-corrected chi connectivity index (χ3v) is 3.34. The minimum atomic E-state index is -0.160. The van der Waals surface area contributed by atoms with Crippen molar-refractivity contribution in [1.29, 1.82) is 0 Å². The molecule has 0 aliphatic heterocycles. The van der Waals surface area contributed by atoms with Crippen LogP contribution in [0.5, 0.6) is 0 Å². The Morgan fingerprint density at radius 2 is 1.50 bits per heavy atom. The van der Waals surface area contributed by atoms with E-state index >= 15 is 0 Å². The number of aryl methyl sites for hydroxylation is 3. The third-order valence-electron chi connectivity index (χ3n) is 3.34. The molecule has 2 aromatic rings. The van der Waals surface area contributed by atoms with E-state index in [9.17, 15) is 4.79 Å². The first-order valence-electron chi connectivity index (χ1n) is 6.21. The molecular weight excluding hydrogens is 220 g/mol. The molecule has 0 aliphatic rings. The van der Waals surface area contributed by atoms with E-state index in [2.05, 4.69) is 32.9 Å². The van der Waals surface area contributed by atoms with E-state index in [-0.39, 0.29) is 5.92 Å². The molecule has 1 atom stereocenters. The van der Waals surface area contributed by atoms with E-state index in [4.69, 9.17) is 0 Å². The largest absolute Gasteiger partial charge is 0.302 e. The fourth-order valence-corrected chi connectivity index (χ4v) is 2.66. The molecule has 0 saturated heterocycles. The molecule has 0 heterocycles. The van der Waals surface area contributed by atoms with Gasteiger partial charge in [-0.05, 0) is 43.0 Å². The molecule has 0 aromatic heterocycles. The third kappa shape index (κ3) is 2.35. The lowest BCUT2D eigenvalue weighted by Gasteiger charge is -2.17. The first kappa shape index (κ1) is 12.6. The zero-order chi connectivity index (χ0) is 13.1. The summed E-state index contributed by atoms with van der Waals surface area (Å²) in [6, 6.07) is 14.2. The smallest absolute Gasteiger partial charge is 0.131 e. The molecule has 2 aromatic carbocycles. The monoisotopic (exact) mass is 238 g/mol. The molecule has 0 spiro atoms. The summed E-state index contributed by atoms with van der Waals surface area (Å²) in [6.45, 7) is 6.24. The number of hydrogen-bond acceptors (Lipinski definition) is 1. The quantitative estimate of drug-likeness (QED) is 0.740. The predicted molar refractivity (Wildman–Crippen MR) is 75.0 cm³/mol. The molecule has 1 nitrogen and oxygen atoms in total.